The van der Waals surface area contributed by atoms with E-state index in [9.17, 15) is 0 Å². The third-order valence-electron chi connectivity index (χ3n) is 4.34. The first-order chi connectivity index (χ1) is 11.0. The zero-order valence-corrected chi connectivity index (χ0v) is 14.9. The third-order valence-corrected chi connectivity index (χ3v) is 4.34. The molecule has 0 saturated heterocycles. The Morgan fingerprint density at radius 1 is 0.826 bits per heavy atom. The van der Waals surface area contributed by atoms with E-state index in [2.05, 4.69) is 87.4 Å². The van der Waals surface area contributed by atoms with Crippen LogP contribution in [0.2, 0.25) is 0 Å². The first kappa shape index (κ1) is 17.6. The van der Waals surface area contributed by atoms with Crippen molar-refractivity contribution < 1.29 is 4.74 Å². The summed E-state index contributed by atoms with van der Waals surface area (Å²) < 4.78 is 5.84. The molecule has 0 radical (unpaired) electrons. The van der Waals surface area contributed by atoms with Gasteiger partial charge in [-0.2, -0.15) is 0 Å². The van der Waals surface area contributed by atoms with Crippen LogP contribution in [0.4, 0.5) is 0 Å². The predicted octanol–water partition coefficient (Wildman–Crippen LogP) is 4.73. The monoisotopic (exact) mass is 311 g/mol. The fourth-order valence-corrected chi connectivity index (χ4v) is 2.71. The number of unbranched alkanes of at least 4 members (excludes halogenated alkanes) is 1. The standard InChI is InChI=1S/C21H29NO/c1-21(2,18-10-6-5-7-11-18)19-12-14-20(15-13-19)23-17-9-8-16-22(3)4/h5-7,10-15H,8-9,16-17H2,1-4H3. The Labute approximate surface area is 141 Å². The average molecular weight is 311 g/mol. The summed E-state index contributed by atoms with van der Waals surface area (Å²) in [7, 11) is 4.21. The molecule has 23 heavy (non-hydrogen) atoms. The highest BCUT2D eigenvalue weighted by Gasteiger charge is 2.22. The molecule has 0 aliphatic rings. The van der Waals surface area contributed by atoms with Crippen molar-refractivity contribution in [3.8, 4) is 5.75 Å². The number of hydrogen-bond acceptors (Lipinski definition) is 2. The van der Waals surface area contributed by atoms with Crippen LogP contribution in [0.3, 0.4) is 0 Å². The highest BCUT2D eigenvalue weighted by Crippen LogP contribution is 2.32. The number of benzene rings is 2. The normalized spacial score (nSPS) is 11.7. The lowest BCUT2D eigenvalue weighted by Gasteiger charge is -2.26. The van der Waals surface area contributed by atoms with Gasteiger partial charge in [0.25, 0.3) is 0 Å². The van der Waals surface area contributed by atoms with E-state index < -0.39 is 0 Å². The molecule has 0 N–H and O–H groups in total. The molecule has 124 valence electrons. The molecule has 2 aromatic carbocycles. The Hall–Kier alpha value is -1.80. The van der Waals surface area contributed by atoms with Crippen molar-refractivity contribution in [1.82, 2.24) is 4.90 Å². The molecule has 0 aliphatic heterocycles. The second-order valence-corrected chi connectivity index (χ2v) is 6.87. The quantitative estimate of drug-likeness (QED) is 0.653. The van der Waals surface area contributed by atoms with Gasteiger partial charge in [0.2, 0.25) is 0 Å². The van der Waals surface area contributed by atoms with Crippen LogP contribution in [0, 0.1) is 0 Å². The lowest BCUT2D eigenvalue weighted by Crippen LogP contribution is -2.18. The molecule has 2 heteroatoms. The smallest absolute Gasteiger partial charge is 0.119 e. The van der Waals surface area contributed by atoms with Crippen LogP contribution < -0.4 is 4.74 Å². The van der Waals surface area contributed by atoms with Crippen molar-refractivity contribution in [3.63, 3.8) is 0 Å². The van der Waals surface area contributed by atoms with Crippen LogP contribution in [0.15, 0.2) is 54.6 Å². The van der Waals surface area contributed by atoms with Gasteiger partial charge in [-0.3, -0.25) is 0 Å². The zero-order chi connectivity index (χ0) is 16.7. The van der Waals surface area contributed by atoms with Crippen molar-refractivity contribution in [2.45, 2.75) is 32.1 Å². The second-order valence-electron chi connectivity index (χ2n) is 6.87. The Balaban J connectivity index is 1.92. The minimum atomic E-state index is 0.00546. The van der Waals surface area contributed by atoms with Gasteiger partial charge in [-0.25, -0.2) is 0 Å². The van der Waals surface area contributed by atoms with Crippen LogP contribution >= 0.6 is 0 Å². The lowest BCUT2D eigenvalue weighted by atomic mass is 9.78. The van der Waals surface area contributed by atoms with Gasteiger partial charge in [0.1, 0.15) is 5.75 Å². The molecule has 2 aromatic rings. The van der Waals surface area contributed by atoms with E-state index in [0.29, 0.717) is 0 Å². The van der Waals surface area contributed by atoms with E-state index in [1.165, 1.54) is 17.5 Å². The maximum Gasteiger partial charge on any atom is 0.119 e. The highest BCUT2D eigenvalue weighted by atomic mass is 16.5. The summed E-state index contributed by atoms with van der Waals surface area (Å²) in [5, 5.41) is 0. The molecule has 0 amide bonds. The molecule has 0 atom stereocenters. The van der Waals surface area contributed by atoms with Crippen molar-refractivity contribution in [1.29, 1.82) is 0 Å². The maximum absolute atomic E-state index is 5.84. The van der Waals surface area contributed by atoms with E-state index in [1.54, 1.807) is 0 Å². The van der Waals surface area contributed by atoms with Crippen LogP contribution in [-0.2, 0) is 5.41 Å². The van der Waals surface area contributed by atoms with Crippen molar-refractivity contribution >= 4 is 0 Å². The lowest BCUT2D eigenvalue weighted by molar-refractivity contribution is 0.293. The van der Waals surface area contributed by atoms with Gasteiger partial charge in [-0.15, -0.1) is 0 Å². The highest BCUT2D eigenvalue weighted by molar-refractivity contribution is 5.39. The van der Waals surface area contributed by atoms with Gasteiger partial charge in [-0.1, -0.05) is 56.3 Å². The molecular weight excluding hydrogens is 282 g/mol. The molecule has 0 fully saturated rings. The van der Waals surface area contributed by atoms with Crippen LogP contribution in [0.5, 0.6) is 5.75 Å². The molecule has 0 saturated carbocycles. The molecular formula is C21H29NO. The maximum atomic E-state index is 5.84. The second kappa shape index (κ2) is 8.16. The summed E-state index contributed by atoms with van der Waals surface area (Å²) in [5.74, 6) is 0.961. The van der Waals surface area contributed by atoms with Gasteiger partial charge in [0, 0.05) is 5.41 Å². The minimum absolute atomic E-state index is 0.00546. The van der Waals surface area contributed by atoms with Crippen LogP contribution in [-0.4, -0.2) is 32.1 Å². The van der Waals surface area contributed by atoms with Gasteiger partial charge in [0.05, 0.1) is 6.61 Å². The Kier molecular flexibility index (Phi) is 6.23. The molecule has 0 aromatic heterocycles. The Bertz CT molecular complexity index is 573. The average Bonchev–Trinajstić information content (AvgIpc) is 2.55. The number of ether oxygens (including phenoxy) is 1. The SMILES string of the molecule is CN(C)CCCCOc1ccc(C(C)(C)c2ccccc2)cc1. The first-order valence-electron chi connectivity index (χ1n) is 8.44. The van der Waals surface area contributed by atoms with E-state index in [0.717, 1.165) is 25.3 Å². The zero-order valence-electron chi connectivity index (χ0n) is 14.9. The molecule has 0 spiro atoms. The van der Waals surface area contributed by atoms with E-state index in [-0.39, 0.29) is 5.41 Å². The fourth-order valence-electron chi connectivity index (χ4n) is 2.71. The summed E-state index contributed by atoms with van der Waals surface area (Å²) in [6, 6.07) is 19.2. The van der Waals surface area contributed by atoms with Gasteiger partial charge < -0.3 is 9.64 Å². The number of rotatable bonds is 8. The Morgan fingerprint density at radius 2 is 1.43 bits per heavy atom. The summed E-state index contributed by atoms with van der Waals surface area (Å²) >= 11 is 0. The molecule has 2 nitrogen and oxygen atoms in total. The van der Waals surface area contributed by atoms with E-state index in [1.807, 2.05) is 0 Å². The van der Waals surface area contributed by atoms with Crippen LogP contribution in [0.25, 0.3) is 0 Å². The predicted molar refractivity (Wildman–Crippen MR) is 98.3 cm³/mol. The minimum Gasteiger partial charge on any atom is -0.494 e. The van der Waals surface area contributed by atoms with Crippen molar-refractivity contribution in [3.05, 3.63) is 65.7 Å². The summed E-state index contributed by atoms with van der Waals surface area (Å²) in [5.41, 5.74) is 2.65. The van der Waals surface area contributed by atoms with Gasteiger partial charge in [-0.05, 0) is 56.7 Å². The summed E-state index contributed by atoms with van der Waals surface area (Å²) in [4.78, 5) is 2.21. The molecule has 0 bridgehead atoms. The van der Waals surface area contributed by atoms with Crippen molar-refractivity contribution in [2.24, 2.45) is 0 Å². The largest absolute Gasteiger partial charge is 0.494 e. The number of hydrogen-bond donors (Lipinski definition) is 0. The topological polar surface area (TPSA) is 12.5 Å². The Morgan fingerprint density at radius 3 is 2.04 bits per heavy atom. The summed E-state index contributed by atoms with van der Waals surface area (Å²) in [6.07, 6.45) is 2.27. The first-order valence-corrected chi connectivity index (χ1v) is 8.44. The van der Waals surface area contributed by atoms with E-state index >= 15 is 0 Å². The fraction of sp³-hybridized carbons (Fsp3) is 0.429. The number of nitrogens with zero attached hydrogens (tertiary/aromatic N) is 1. The van der Waals surface area contributed by atoms with Gasteiger partial charge >= 0.3 is 0 Å². The molecule has 2 rings (SSSR count). The molecule has 0 heterocycles. The van der Waals surface area contributed by atoms with Crippen LogP contribution in [0.1, 0.15) is 37.8 Å². The van der Waals surface area contributed by atoms with Crippen molar-refractivity contribution in [2.75, 3.05) is 27.2 Å². The summed E-state index contributed by atoms with van der Waals surface area (Å²) in [6.45, 7) is 6.43. The molecule has 0 aliphatic carbocycles. The molecule has 0 unspecified atom stereocenters. The third kappa shape index (κ3) is 5.11. The van der Waals surface area contributed by atoms with E-state index in [4.69, 9.17) is 4.74 Å². The van der Waals surface area contributed by atoms with Gasteiger partial charge in [0.15, 0.2) is 0 Å².